The Labute approximate surface area is 189 Å². The summed E-state index contributed by atoms with van der Waals surface area (Å²) in [7, 11) is -4.64. The molecule has 0 aliphatic rings. The summed E-state index contributed by atoms with van der Waals surface area (Å²) in [6, 6.07) is 0. The first-order valence-corrected chi connectivity index (χ1v) is 5.52. The van der Waals surface area contributed by atoms with Crippen LogP contribution in [0.5, 0.6) is 0 Å². The van der Waals surface area contributed by atoms with E-state index in [4.69, 9.17) is 39.7 Å². The fourth-order valence-electron chi connectivity index (χ4n) is 0.714. The molecule has 0 radical (unpaired) electrons. The SMILES string of the molecule is O=C(O)CC(O)(CC(=O)O)C(=O)O.O=P(O)(O)O.[H-].[H-].[H-].[Na+].[Na+].[Na+]. The molecule has 7 N–H and O–H groups in total. The molecule has 11 nitrogen and oxygen atoms in total. The van der Waals surface area contributed by atoms with Gasteiger partial charge in [0.2, 0.25) is 0 Å². The number of hydrogen-bond acceptors (Lipinski definition) is 5. The molecule has 0 saturated carbocycles. The quantitative estimate of drug-likeness (QED) is 0.180. The van der Waals surface area contributed by atoms with E-state index in [2.05, 4.69) is 0 Å². The maximum atomic E-state index is 10.3. The third kappa shape index (κ3) is 26.7. The summed E-state index contributed by atoms with van der Waals surface area (Å²) in [6.45, 7) is 0. The Morgan fingerprint density at radius 1 is 0.857 bits per heavy atom. The maximum Gasteiger partial charge on any atom is 1.00 e. The Morgan fingerprint density at radius 2 is 1.05 bits per heavy atom. The van der Waals surface area contributed by atoms with E-state index in [-0.39, 0.29) is 93.0 Å². The molecule has 112 valence electrons. The Hall–Kier alpha value is 1.48. The summed E-state index contributed by atoms with van der Waals surface area (Å²) in [5, 5.41) is 33.8. The zero-order valence-corrected chi connectivity index (χ0v) is 18.5. The molecule has 0 saturated heterocycles. The second-order valence-electron chi connectivity index (χ2n) is 2.99. The summed E-state index contributed by atoms with van der Waals surface area (Å²) >= 11 is 0. The second-order valence-corrected chi connectivity index (χ2v) is 4.02. The van der Waals surface area contributed by atoms with E-state index in [1.807, 2.05) is 0 Å². The molecule has 15 heteroatoms. The molecular weight excluding hydrogens is 348 g/mol. The fraction of sp³-hybridized carbons (Fsp3) is 0.500. The molecule has 0 amide bonds. The van der Waals surface area contributed by atoms with E-state index in [9.17, 15) is 14.4 Å². The van der Waals surface area contributed by atoms with Crippen LogP contribution < -0.4 is 88.7 Å². The average molecular weight is 362 g/mol. The number of rotatable bonds is 5. The first-order chi connectivity index (χ1) is 7.78. The molecule has 0 aromatic carbocycles. The number of carboxylic acids is 3. The number of hydrogen-bond donors (Lipinski definition) is 7. The predicted octanol–water partition coefficient (Wildman–Crippen LogP) is -10.8. The van der Waals surface area contributed by atoms with Gasteiger partial charge in [0, 0.05) is 0 Å². The molecular formula is C6H14Na3O11P. The van der Waals surface area contributed by atoms with Crippen LogP contribution in [0.1, 0.15) is 17.1 Å². The molecule has 0 atom stereocenters. The Kier molecular flexibility index (Phi) is 24.3. The number of carbonyl (C=O) groups is 3. The summed E-state index contributed by atoms with van der Waals surface area (Å²) in [6.07, 6.45) is -2.29. The third-order valence-corrected chi connectivity index (χ3v) is 1.29. The minimum atomic E-state index is -4.64. The van der Waals surface area contributed by atoms with E-state index < -0.39 is 44.2 Å². The Bertz CT molecular complexity index is 369. The number of carboxylic acid groups (broad SMARTS) is 3. The van der Waals surface area contributed by atoms with Crippen LogP contribution in [0.4, 0.5) is 0 Å². The van der Waals surface area contributed by atoms with Crippen molar-refractivity contribution in [1.82, 2.24) is 0 Å². The Balaban J connectivity index is -0.0000000347. The van der Waals surface area contributed by atoms with Gasteiger partial charge in [0.15, 0.2) is 5.60 Å². The van der Waals surface area contributed by atoms with Gasteiger partial charge in [-0.05, 0) is 0 Å². The van der Waals surface area contributed by atoms with E-state index in [0.717, 1.165) is 0 Å². The zero-order chi connectivity index (χ0) is 15.1. The second kappa shape index (κ2) is 15.0. The van der Waals surface area contributed by atoms with E-state index in [0.29, 0.717) is 0 Å². The predicted molar refractivity (Wildman–Crippen MR) is 54.7 cm³/mol. The van der Waals surface area contributed by atoms with Crippen molar-refractivity contribution in [3.63, 3.8) is 0 Å². The monoisotopic (exact) mass is 362 g/mol. The molecule has 0 aromatic rings. The van der Waals surface area contributed by atoms with Crippen molar-refractivity contribution < 1.29 is 147 Å². The van der Waals surface area contributed by atoms with Gasteiger partial charge in [-0.15, -0.1) is 0 Å². The number of phosphoric acid groups is 1. The van der Waals surface area contributed by atoms with Gasteiger partial charge >= 0.3 is 114 Å². The van der Waals surface area contributed by atoms with Gasteiger partial charge in [-0.25, -0.2) is 9.36 Å². The maximum absolute atomic E-state index is 10.3. The molecule has 21 heavy (non-hydrogen) atoms. The largest absolute Gasteiger partial charge is 1.00 e. The van der Waals surface area contributed by atoms with Crippen LogP contribution in [0, 0.1) is 0 Å². The topological polar surface area (TPSA) is 210 Å². The zero-order valence-electron chi connectivity index (χ0n) is 14.6. The third-order valence-electron chi connectivity index (χ3n) is 1.29. The van der Waals surface area contributed by atoms with Crippen LogP contribution in [0.15, 0.2) is 0 Å². The van der Waals surface area contributed by atoms with E-state index >= 15 is 0 Å². The van der Waals surface area contributed by atoms with Crippen LogP contribution >= 0.6 is 7.82 Å². The molecule has 0 aromatic heterocycles. The summed E-state index contributed by atoms with van der Waals surface area (Å²) in [4.78, 5) is 52.0. The number of aliphatic carboxylic acids is 3. The van der Waals surface area contributed by atoms with Crippen molar-refractivity contribution >= 4 is 25.7 Å². The Morgan fingerprint density at radius 3 is 1.14 bits per heavy atom. The van der Waals surface area contributed by atoms with Crippen molar-refractivity contribution in [2.45, 2.75) is 18.4 Å². The minimum absolute atomic E-state index is 0. The van der Waals surface area contributed by atoms with Crippen molar-refractivity contribution in [2.24, 2.45) is 0 Å². The van der Waals surface area contributed by atoms with Gasteiger partial charge in [-0.3, -0.25) is 9.59 Å². The van der Waals surface area contributed by atoms with Crippen LogP contribution in [0.25, 0.3) is 0 Å². The van der Waals surface area contributed by atoms with Crippen molar-refractivity contribution in [1.29, 1.82) is 0 Å². The van der Waals surface area contributed by atoms with Crippen LogP contribution in [0.2, 0.25) is 0 Å². The van der Waals surface area contributed by atoms with Gasteiger partial charge < -0.3 is 39.4 Å². The van der Waals surface area contributed by atoms with E-state index in [1.165, 1.54) is 0 Å². The van der Waals surface area contributed by atoms with Crippen LogP contribution in [0.3, 0.4) is 0 Å². The van der Waals surface area contributed by atoms with Gasteiger partial charge in [0.05, 0.1) is 12.8 Å². The molecule has 0 aliphatic heterocycles. The van der Waals surface area contributed by atoms with Gasteiger partial charge in [-0.1, -0.05) is 0 Å². The first kappa shape index (κ1) is 33.9. The molecule has 0 heterocycles. The smallest absolute Gasteiger partial charge is 1.00 e. The molecule has 0 unspecified atom stereocenters. The molecule has 0 aliphatic carbocycles. The average Bonchev–Trinajstić information content (AvgIpc) is 1.95. The van der Waals surface area contributed by atoms with Crippen LogP contribution in [-0.4, -0.2) is 58.6 Å². The van der Waals surface area contributed by atoms with Crippen molar-refractivity contribution in [2.75, 3.05) is 0 Å². The standard InChI is InChI=1S/C6H8O7.3Na.H3O4P.3H/c7-3(8)1-6(13,5(11)12)2-4(9)10;;;;1-5(2,3)4;;;/h13H,1-2H2,(H,7,8)(H,9,10)(H,11,12);;;;(H3,1,2,3,4);;;/q;3*+1;;3*-1. The molecule has 0 fully saturated rings. The fourth-order valence-corrected chi connectivity index (χ4v) is 0.714. The van der Waals surface area contributed by atoms with Crippen molar-refractivity contribution in [3.8, 4) is 0 Å². The molecule has 0 rings (SSSR count). The normalized spacial score (nSPS) is 9.52. The molecule has 0 spiro atoms. The van der Waals surface area contributed by atoms with E-state index in [1.54, 1.807) is 0 Å². The summed E-state index contributed by atoms with van der Waals surface area (Å²) in [5.41, 5.74) is -2.74. The molecule has 0 bridgehead atoms. The minimum Gasteiger partial charge on any atom is -1.00 e. The first-order valence-electron chi connectivity index (χ1n) is 3.95. The van der Waals surface area contributed by atoms with Gasteiger partial charge in [-0.2, -0.15) is 0 Å². The van der Waals surface area contributed by atoms with Crippen molar-refractivity contribution in [3.05, 3.63) is 0 Å². The van der Waals surface area contributed by atoms with Crippen LogP contribution in [-0.2, 0) is 18.9 Å². The summed E-state index contributed by atoms with van der Waals surface area (Å²) in [5.74, 6) is -5.02. The summed E-state index contributed by atoms with van der Waals surface area (Å²) < 4.78 is 8.88. The number of aliphatic hydroxyl groups is 1. The van der Waals surface area contributed by atoms with Gasteiger partial charge in [0.25, 0.3) is 0 Å². The van der Waals surface area contributed by atoms with Gasteiger partial charge in [0.1, 0.15) is 0 Å².